The molecule has 0 amide bonds. The van der Waals surface area contributed by atoms with Crippen LogP contribution in [0.25, 0.3) is 28.3 Å². The summed E-state index contributed by atoms with van der Waals surface area (Å²) < 4.78 is 2.19. The summed E-state index contributed by atoms with van der Waals surface area (Å²) >= 11 is 0. The van der Waals surface area contributed by atoms with Crippen LogP contribution in [-0.2, 0) is 12.8 Å². The monoisotopic (exact) mass is 571 g/mol. The van der Waals surface area contributed by atoms with E-state index in [1.165, 1.54) is 88.7 Å². The Morgan fingerprint density at radius 1 is 0.698 bits per heavy atom. The molecule has 43 heavy (non-hydrogen) atoms. The summed E-state index contributed by atoms with van der Waals surface area (Å²) in [6, 6.07) is 33.0. The molecule has 2 heteroatoms. The molecule has 0 N–H and O–H groups in total. The number of allylic oxidation sites excluding steroid dienone is 1. The average Bonchev–Trinajstić information content (AvgIpc) is 3.05. The topological polar surface area (TPSA) is 15.4 Å². The normalized spacial score (nSPS) is 12.1. The number of hydrogen-bond acceptors (Lipinski definition) is 1. The molecule has 0 aliphatic carbocycles. The lowest BCUT2D eigenvalue weighted by molar-refractivity contribution is -0.539. The van der Waals surface area contributed by atoms with Gasteiger partial charge in [0.25, 0.3) is 0 Å². The predicted octanol–water partition coefficient (Wildman–Crippen LogP) is 12.4. The molecule has 4 aromatic rings. The second kappa shape index (κ2) is 16.8. The first-order valence-corrected chi connectivity index (χ1v) is 16.6. The largest absolute Gasteiger partial charge is 0.208 e. The van der Waals surface area contributed by atoms with Gasteiger partial charge in [0, 0.05) is 12.5 Å². The van der Waals surface area contributed by atoms with Crippen LogP contribution >= 0.6 is 0 Å². The summed E-state index contributed by atoms with van der Waals surface area (Å²) in [6.07, 6.45) is 13.3. The lowest BCUT2D eigenvalue weighted by Gasteiger charge is -2.16. The third-order valence-electron chi connectivity index (χ3n) is 8.48. The minimum Gasteiger partial charge on any atom is -0.0882 e. The molecule has 0 aromatic heterocycles. The number of nitrogens with zero attached hydrogens (tertiary/aromatic N) is 2. The number of hydrogen-bond donors (Lipinski definition) is 0. The van der Waals surface area contributed by atoms with Crippen molar-refractivity contribution in [1.29, 1.82) is 0 Å². The molecule has 4 aromatic carbocycles. The van der Waals surface area contributed by atoms with Crippen molar-refractivity contribution < 1.29 is 4.70 Å². The van der Waals surface area contributed by atoms with Gasteiger partial charge in [-0.25, -0.2) is 0 Å². The fourth-order valence-corrected chi connectivity index (χ4v) is 6.03. The molecule has 0 aliphatic rings. The summed E-state index contributed by atoms with van der Waals surface area (Å²) in [6.45, 7) is 12.0. The van der Waals surface area contributed by atoms with E-state index in [2.05, 4.69) is 136 Å². The van der Waals surface area contributed by atoms with Gasteiger partial charge >= 0.3 is 0 Å². The Bertz CT molecular complexity index is 1500. The van der Waals surface area contributed by atoms with Crippen molar-refractivity contribution in [2.45, 2.75) is 92.4 Å². The molecule has 0 spiro atoms. The molecular formula is C41H51N2+. The Morgan fingerprint density at radius 3 is 1.98 bits per heavy atom. The van der Waals surface area contributed by atoms with Gasteiger partial charge in [-0.1, -0.05) is 130 Å². The number of benzene rings is 4. The summed E-state index contributed by atoms with van der Waals surface area (Å²) in [7, 11) is 0. The van der Waals surface area contributed by atoms with E-state index in [1.807, 2.05) is 0 Å². The van der Waals surface area contributed by atoms with Crippen molar-refractivity contribution in [2.24, 2.45) is 5.11 Å². The van der Waals surface area contributed by atoms with Crippen molar-refractivity contribution >= 4 is 11.8 Å². The van der Waals surface area contributed by atoms with Crippen molar-refractivity contribution in [3.63, 3.8) is 0 Å². The summed E-state index contributed by atoms with van der Waals surface area (Å²) in [5.74, 6) is 0. The van der Waals surface area contributed by atoms with Gasteiger partial charge < -0.3 is 0 Å². The maximum absolute atomic E-state index is 5.27. The average molecular weight is 572 g/mol. The smallest absolute Gasteiger partial charge is 0.0882 e. The lowest BCUT2D eigenvalue weighted by atomic mass is 9.90. The van der Waals surface area contributed by atoms with Crippen LogP contribution in [0.4, 0.5) is 5.69 Å². The van der Waals surface area contributed by atoms with Gasteiger partial charge in [-0.3, -0.25) is 0 Å². The highest BCUT2D eigenvalue weighted by atomic mass is 15.3. The molecule has 2 nitrogen and oxygen atoms in total. The first kappa shape index (κ1) is 32.1. The quantitative estimate of drug-likeness (QED) is 0.0766. The van der Waals surface area contributed by atoms with E-state index >= 15 is 0 Å². The Morgan fingerprint density at radius 2 is 1.35 bits per heavy atom. The van der Waals surface area contributed by atoms with Crippen LogP contribution in [0.15, 0.2) is 102 Å². The Hall–Kier alpha value is -3.78. The zero-order valence-electron chi connectivity index (χ0n) is 27.2. The third-order valence-corrected chi connectivity index (χ3v) is 8.48. The van der Waals surface area contributed by atoms with Gasteiger partial charge in [0.1, 0.15) is 5.69 Å². The summed E-state index contributed by atoms with van der Waals surface area (Å²) in [5.41, 5.74) is 12.9. The zero-order chi connectivity index (χ0) is 30.4. The van der Waals surface area contributed by atoms with Crippen molar-refractivity contribution in [3.8, 4) is 22.3 Å². The Balaban J connectivity index is 1.70. The second-order valence-corrected chi connectivity index (χ2v) is 11.6. The van der Waals surface area contributed by atoms with E-state index in [1.54, 1.807) is 0 Å². The Kier molecular flexibility index (Phi) is 12.5. The van der Waals surface area contributed by atoms with Crippen molar-refractivity contribution in [3.05, 3.63) is 119 Å². The van der Waals surface area contributed by atoms with Gasteiger partial charge in [-0.15, -0.1) is 0 Å². The molecule has 4 rings (SSSR count). The number of unbranched alkanes of at least 4 members (excludes halogenated alkanes) is 5. The van der Waals surface area contributed by atoms with Gasteiger partial charge in [0.05, 0.1) is 0 Å². The lowest BCUT2D eigenvalue weighted by Crippen LogP contribution is -2.08. The highest BCUT2D eigenvalue weighted by molar-refractivity contribution is 5.73. The van der Waals surface area contributed by atoms with Crippen LogP contribution in [0.2, 0.25) is 0 Å². The second-order valence-electron chi connectivity index (χ2n) is 11.6. The molecule has 0 aliphatic heterocycles. The van der Waals surface area contributed by atoms with Gasteiger partial charge in [0.15, 0.2) is 6.54 Å². The van der Waals surface area contributed by atoms with Crippen LogP contribution in [0, 0.1) is 6.92 Å². The maximum Gasteiger partial charge on any atom is 0.208 e. The van der Waals surface area contributed by atoms with E-state index in [4.69, 9.17) is 5.11 Å². The molecule has 0 heterocycles. The highest BCUT2D eigenvalue weighted by Crippen LogP contribution is 2.34. The van der Waals surface area contributed by atoms with E-state index in [0.29, 0.717) is 0 Å². The number of rotatable bonds is 15. The van der Waals surface area contributed by atoms with E-state index < -0.39 is 0 Å². The molecule has 0 atom stereocenters. The fourth-order valence-electron chi connectivity index (χ4n) is 6.03. The zero-order valence-corrected chi connectivity index (χ0v) is 27.2. The summed E-state index contributed by atoms with van der Waals surface area (Å²) in [5, 5.41) is 5.27. The molecular weight excluding hydrogens is 520 g/mol. The van der Waals surface area contributed by atoms with Gasteiger partial charge in [-0.05, 0) is 101 Å². The minimum atomic E-state index is 0.818. The first-order valence-electron chi connectivity index (χ1n) is 16.6. The molecule has 0 bridgehead atoms. The SMILES string of the molecule is CCCCCCCCc1c(CC)cc(N=[N+](CC)C(=Cc2ccc(C)c(-c3ccccc3)c2)CC)cc1-c1ccccc1. The Labute approximate surface area is 261 Å². The van der Waals surface area contributed by atoms with Crippen LogP contribution in [0.5, 0.6) is 0 Å². The molecule has 0 radical (unpaired) electrons. The predicted molar refractivity (Wildman–Crippen MR) is 186 cm³/mol. The fraction of sp³-hybridized carbons (Fsp3) is 0.366. The van der Waals surface area contributed by atoms with Crippen molar-refractivity contribution in [1.82, 2.24) is 0 Å². The standard InChI is InChI=1S/C41H51N2/c1-6-10-11-12-13-20-25-39-34(7-2)30-37(31-41(39)36-23-18-15-19-24-36)42-43(9-4)38(8-3)28-33-27-26-32(5)40(29-33)35-21-16-14-17-22-35/h14-19,21-24,26-31H,6-13,20,25H2,1-5H3/q+1. The van der Waals surface area contributed by atoms with Gasteiger partial charge in [-0.2, -0.15) is 0 Å². The van der Waals surface area contributed by atoms with Crippen LogP contribution in [0.3, 0.4) is 0 Å². The van der Waals surface area contributed by atoms with E-state index in [0.717, 1.165) is 31.5 Å². The first-order chi connectivity index (χ1) is 21.1. The number of aryl methyl sites for hydroxylation is 2. The van der Waals surface area contributed by atoms with Crippen LogP contribution in [-0.4, -0.2) is 11.2 Å². The van der Waals surface area contributed by atoms with E-state index in [-0.39, 0.29) is 0 Å². The van der Waals surface area contributed by atoms with Gasteiger partial charge in [0.2, 0.25) is 5.70 Å². The number of azo groups is 2. The van der Waals surface area contributed by atoms with E-state index in [9.17, 15) is 0 Å². The molecule has 0 fully saturated rings. The molecule has 0 saturated carbocycles. The minimum absolute atomic E-state index is 0.818. The van der Waals surface area contributed by atoms with Crippen LogP contribution in [0.1, 0.15) is 94.9 Å². The van der Waals surface area contributed by atoms with Crippen LogP contribution < -0.4 is 0 Å². The summed E-state index contributed by atoms with van der Waals surface area (Å²) in [4.78, 5) is 0. The maximum atomic E-state index is 5.27. The molecule has 0 saturated heterocycles. The molecule has 0 unspecified atom stereocenters. The third kappa shape index (κ3) is 8.86. The van der Waals surface area contributed by atoms with Crippen molar-refractivity contribution in [2.75, 3.05) is 6.54 Å². The molecule has 224 valence electrons. The highest BCUT2D eigenvalue weighted by Gasteiger charge is 2.17.